The Morgan fingerprint density at radius 1 is 1.50 bits per heavy atom. The molecule has 0 fully saturated rings. The summed E-state index contributed by atoms with van der Waals surface area (Å²) in [6.07, 6.45) is 0. The normalized spacial score (nSPS) is 13.1. The van der Waals surface area contributed by atoms with E-state index in [9.17, 15) is 0 Å². The summed E-state index contributed by atoms with van der Waals surface area (Å²) in [7, 11) is 0. The number of rotatable bonds is 1. The topological polar surface area (TPSA) is 38.9 Å². The van der Waals surface area contributed by atoms with Crippen LogP contribution in [0.15, 0.2) is 6.07 Å². The van der Waals surface area contributed by atoms with Crippen molar-refractivity contribution < 1.29 is 0 Å². The Morgan fingerprint density at radius 2 is 2.08 bits per heavy atom. The SMILES string of the molecule is Cc1cc(Cl)c(C(C)N)c(C)n1. The highest BCUT2D eigenvalue weighted by molar-refractivity contribution is 6.31. The van der Waals surface area contributed by atoms with Crippen LogP contribution in [0.2, 0.25) is 5.02 Å². The Bertz CT molecular complexity index is 272. The lowest BCUT2D eigenvalue weighted by molar-refractivity contribution is 0.797. The Labute approximate surface area is 77.8 Å². The van der Waals surface area contributed by atoms with Crippen LogP contribution in [0.3, 0.4) is 0 Å². The van der Waals surface area contributed by atoms with Crippen molar-refractivity contribution in [1.29, 1.82) is 0 Å². The van der Waals surface area contributed by atoms with Gasteiger partial charge in [0.2, 0.25) is 0 Å². The van der Waals surface area contributed by atoms with Crippen LogP contribution in [0, 0.1) is 13.8 Å². The molecule has 0 aliphatic heterocycles. The number of aromatic nitrogens is 1. The predicted octanol–water partition coefficient (Wildman–Crippen LogP) is 2.37. The standard InChI is InChI=1S/C9H13ClN2/c1-5-4-8(10)9(6(2)11)7(3)12-5/h4,6H,11H2,1-3H3. The Morgan fingerprint density at radius 3 is 2.50 bits per heavy atom. The molecule has 0 aliphatic rings. The molecule has 0 radical (unpaired) electrons. The highest BCUT2D eigenvalue weighted by atomic mass is 35.5. The Balaban J connectivity index is 3.28. The summed E-state index contributed by atoms with van der Waals surface area (Å²) in [4.78, 5) is 4.29. The highest BCUT2D eigenvalue weighted by Gasteiger charge is 2.09. The van der Waals surface area contributed by atoms with E-state index in [1.54, 1.807) is 0 Å². The van der Waals surface area contributed by atoms with Crippen LogP contribution in [0.5, 0.6) is 0 Å². The maximum atomic E-state index is 6.01. The molecule has 2 N–H and O–H groups in total. The third kappa shape index (κ3) is 1.76. The molecule has 1 unspecified atom stereocenters. The molecule has 2 nitrogen and oxygen atoms in total. The Kier molecular flexibility index (Phi) is 2.70. The van der Waals surface area contributed by atoms with Crippen molar-refractivity contribution >= 4 is 11.6 Å². The average Bonchev–Trinajstić information content (AvgIpc) is 1.82. The fourth-order valence-electron chi connectivity index (χ4n) is 1.34. The largest absolute Gasteiger partial charge is 0.324 e. The molecular formula is C9H13ClN2. The van der Waals surface area contributed by atoms with Gasteiger partial charge in [0, 0.05) is 28.0 Å². The molecule has 0 bridgehead atoms. The molecular weight excluding hydrogens is 172 g/mol. The van der Waals surface area contributed by atoms with E-state index < -0.39 is 0 Å². The number of hydrogen-bond acceptors (Lipinski definition) is 2. The first-order valence-corrected chi connectivity index (χ1v) is 4.29. The van der Waals surface area contributed by atoms with Gasteiger partial charge in [0.05, 0.1) is 0 Å². The van der Waals surface area contributed by atoms with Crippen molar-refractivity contribution in [2.45, 2.75) is 26.8 Å². The van der Waals surface area contributed by atoms with Crippen molar-refractivity contribution in [2.75, 3.05) is 0 Å². The van der Waals surface area contributed by atoms with Gasteiger partial charge in [-0.05, 0) is 26.8 Å². The molecule has 0 aliphatic carbocycles. The minimum Gasteiger partial charge on any atom is -0.324 e. The molecule has 1 aromatic rings. The van der Waals surface area contributed by atoms with Gasteiger partial charge in [-0.3, -0.25) is 4.98 Å². The van der Waals surface area contributed by atoms with E-state index in [2.05, 4.69) is 4.98 Å². The van der Waals surface area contributed by atoms with E-state index in [0.717, 1.165) is 22.0 Å². The van der Waals surface area contributed by atoms with Crippen molar-refractivity contribution in [1.82, 2.24) is 4.98 Å². The van der Waals surface area contributed by atoms with Crippen molar-refractivity contribution in [3.8, 4) is 0 Å². The first-order chi connectivity index (χ1) is 5.52. The summed E-state index contributed by atoms with van der Waals surface area (Å²) in [5.74, 6) is 0. The smallest absolute Gasteiger partial charge is 0.0489 e. The van der Waals surface area contributed by atoms with Gasteiger partial charge in [-0.2, -0.15) is 0 Å². The van der Waals surface area contributed by atoms with Crippen LogP contribution in [0.1, 0.15) is 29.9 Å². The maximum Gasteiger partial charge on any atom is 0.0489 e. The molecule has 0 spiro atoms. The van der Waals surface area contributed by atoms with Crippen molar-refractivity contribution in [3.05, 3.63) is 28.0 Å². The summed E-state index contributed by atoms with van der Waals surface area (Å²) < 4.78 is 0. The van der Waals surface area contributed by atoms with Gasteiger partial charge < -0.3 is 5.73 Å². The highest BCUT2D eigenvalue weighted by Crippen LogP contribution is 2.24. The quantitative estimate of drug-likeness (QED) is 0.728. The number of pyridine rings is 1. The number of hydrogen-bond donors (Lipinski definition) is 1. The third-order valence-electron chi connectivity index (χ3n) is 1.78. The fraction of sp³-hybridized carbons (Fsp3) is 0.444. The van der Waals surface area contributed by atoms with Gasteiger partial charge in [0.15, 0.2) is 0 Å². The Hall–Kier alpha value is -0.600. The van der Waals surface area contributed by atoms with Crippen molar-refractivity contribution in [3.63, 3.8) is 0 Å². The maximum absolute atomic E-state index is 6.01. The van der Waals surface area contributed by atoms with Crippen LogP contribution in [-0.4, -0.2) is 4.98 Å². The summed E-state index contributed by atoms with van der Waals surface area (Å²) in [5, 5.41) is 0.718. The van der Waals surface area contributed by atoms with Gasteiger partial charge in [-0.15, -0.1) is 0 Å². The van der Waals surface area contributed by atoms with Gasteiger partial charge in [0.25, 0.3) is 0 Å². The molecule has 1 aromatic heterocycles. The summed E-state index contributed by atoms with van der Waals surface area (Å²) >= 11 is 6.01. The lowest BCUT2D eigenvalue weighted by Crippen LogP contribution is -2.09. The third-order valence-corrected chi connectivity index (χ3v) is 2.09. The number of nitrogens with zero attached hydrogens (tertiary/aromatic N) is 1. The molecule has 66 valence electrons. The summed E-state index contributed by atoms with van der Waals surface area (Å²) in [6.45, 7) is 5.76. The zero-order valence-electron chi connectivity index (χ0n) is 7.56. The second kappa shape index (κ2) is 3.42. The van der Waals surface area contributed by atoms with E-state index in [1.807, 2.05) is 26.8 Å². The molecule has 3 heteroatoms. The zero-order valence-corrected chi connectivity index (χ0v) is 8.31. The average molecular weight is 185 g/mol. The summed E-state index contributed by atoms with van der Waals surface area (Å²) in [5.41, 5.74) is 8.55. The lowest BCUT2D eigenvalue weighted by Gasteiger charge is -2.11. The minimum absolute atomic E-state index is 0.0504. The molecule has 0 amide bonds. The molecule has 1 rings (SSSR count). The fourth-order valence-corrected chi connectivity index (χ4v) is 1.80. The van der Waals surface area contributed by atoms with E-state index in [4.69, 9.17) is 17.3 Å². The minimum atomic E-state index is -0.0504. The van der Waals surface area contributed by atoms with Crippen LogP contribution in [0.25, 0.3) is 0 Å². The number of nitrogens with two attached hydrogens (primary N) is 1. The van der Waals surface area contributed by atoms with E-state index in [0.29, 0.717) is 0 Å². The van der Waals surface area contributed by atoms with Crippen LogP contribution in [-0.2, 0) is 0 Å². The summed E-state index contributed by atoms with van der Waals surface area (Å²) in [6, 6.07) is 1.79. The lowest BCUT2D eigenvalue weighted by atomic mass is 10.1. The zero-order chi connectivity index (χ0) is 9.30. The van der Waals surface area contributed by atoms with Crippen LogP contribution in [0.4, 0.5) is 0 Å². The second-order valence-electron chi connectivity index (χ2n) is 3.03. The molecule has 1 heterocycles. The van der Waals surface area contributed by atoms with Crippen molar-refractivity contribution in [2.24, 2.45) is 5.73 Å². The second-order valence-corrected chi connectivity index (χ2v) is 3.44. The first-order valence-electron chi connectivity index (χ1n) is 3.91. The van der Waals surface area contributed by atoms with Gasteiger partial charge in [-0.1, -0.05) is 11.6 Å². The molecule has 1 atom stereocenters. The molecule has 0 saturated carbocycles. The van der Waals surface area contributed by atoms with Gasteiger partial charge in [0.1, 0.15) is 0 Å². The number of aryl methyl sites for hydroxylation is 2. The van der Waals surface area contributed by atoms with Crippen LogP contribution >= 0.6 is 11.6 Å². The van der Waals surface area contributed by atoms with E-state index in [1.165, 1.54) is 0 Å². The number of halogens is 1. The predicted molar refractivity (Wildman–Crippen MR) is 51.3 cm³/mol. The van der Waals surface area contributed by atoms with Gasteiger partial charge in [-0.25, -0.2) is 0 Å². The van der Waals surface area contributed by atoms with E-state index in [-0.39, 0.29) is 6.04 Å². The first kappa shape index (κ1) is 9.49. The molecule has 12 heavy (non-hydrogen) atoms. The van der Waals surface area contributed by atoms with Gasteiger partial charge >= 0.3 is 0 Å². The molecule has 0 aromatic carbocycles. The monoisotopic (exact) mass is 184 g/mol. The van der Waals surface area contributed by atoms with E-state index >= 15 is 0 Å². The van der Waals surface area contributed by atoms with Crippen LogP contribution < -0.4 is 5.73 Å². The molecule has 0 saturated heterocycles.